The van der Waals surface area contributed by atoms with E-state index in [0.717, 1.165) is 51.6 Å². The standard InChI is InChI=1S/C25H44N2O2/c1-3-4-10-25(2,29)11-7-8-22-23-18-20(17-21(23)19-24(22)28)9-12-26-13-16-27-14-5-6-15-27/h7-8,17,21-24,26,28-29H,3-6,9-16,18-19H2,1-2H3/b8-7+/t21-,22+,23-,24+,25-/m0/s1. The van der Waals surface area contributed by atoms with Crippen molar-refractivity contribution < 1.29 is 10.2 Å². The molecule has 0 radical (unpaired) electrons. The lowest BCUT2D eigenvalue weighted by Crippen LogP contribution is -2.30. The number of aliphatic hydroxyl groups is 2. The minimum atomic E-state index is -0.616. The second-order valence-corrected chi connectivity index (χ2v) is 10.0. The van der Waals surface area contributed by atoms with Crippen molar-refractivity contribution in [1.82, 2.24) is 10.2 Å². The normalized spacial score (nSPS) is 32.1. The lowest BCUT2D eigenvalue weighted by atomic mass is 9.88. The second kappa shape index (κ2) is 11.1. The van der Waals surface area contributed by atoms with E-state index in [9.17, 15) is 10.2 Å². The predicted octanol–water partition coefficient (Wildman–Crippen LogP) is 3.89. The van der Waals surface area contributed by atoms with E-state index in [4.69, 9.17) is 0 Å². The van der Waals surface area contributed by atoms with Crippen molar-refractivity contribution in [3.63, 3.8) is 0 Å². The van der Waals surface area contributed by atoms with E-state index >= 15 is 0 Å². The van der Waals surface area contributed by atoms with Crippen LogP contribution in [-0.2, 0) is 0 Å². The average molecular weight is 405 g/mol. The molecule has 3 N–H and O–H groups in total. The van der Waals surface area contributed by atoms with Crippen LogP contribution in [0.15, 0.2) is 23.8 Å². The third-order valence-corrected chi connectivity index (χ3v) is 7.36. The SMILES string of the molecule is CCCC[C@](C)(O)C/C=C/[C@@H]1[C@H]2CC(CCNCCN3CCCC3)=C[C@H]2C[C@H]1O. The molecule has 0 bridgehead atoms. The largest absolute Gasteiger partial charge is 0.392 e. The fourth-order valence-electron chi connectivity index (χ4n) is 5.55. The number of hydrogen-bond acceptors (Lipinski definition) is 4. The lowest BCUT2D eigenvalue weighted by molar-refractivity contribution is 0.0513. The molecule has 2 aliphatic carbocycles. The van der Waals surface area contributed by atoms with E-state index in [0.29, 0.717) is 18.3 Å². The minimum absolute atomic E-state index is 0.224. The summed E-state index contributed by atoms with van der Waals surface area (Å²) >= 11 is 0. The summed E-state index contributed by atoms with van der Waals surface area (Å²) in [5, 5.41) is 24.7. The zero-order valence-electron chi connectivity index (χ0n) is 18.8. The first-order chi connectivity index (χ1) is 14.0. The maximum absolute atomic E-state index is 10.5. The number of rotatable bonds is 12. The molecule has 4 nitrogen and oxygen atoms in total. The maximum atomic E-state index is 10.5. The van der Waals surface area contributed by atoms with Crippen molar-refractivity contribution in [1.29, 1.82) is 0 Å². The number of hydrogen-bond donors (Lipinski definition) is 3. The number of aliphatic hydroxyl groups excluding tert-OH is 1. The van der Waals surface area contributed by atoms with Gasteiger partial charge in [0.2, 0.25) is 0 Å². The number of likely N-dealkylation sites (tertiary alicyclic amines) is 1. The highest BCUT2D eigenvalue weighted by Gasteiger charge is 2.43. The van der Waals surface area contributed by atoms with Gasteiger partial charge < -0.3 is 20.4 Å². The summed E-state index contributed by atoms with van der Waals surface area (Å²) in [6, 6.07) is 0. The summed E-state index contributed by atoms with van der Waals surface area (Å²) in [6.07, 6.45) is 16.2. The molecule has 0 unspecified atom stereocenters. The van der Waals surface area contributed by atoms with Crippen LogP contribution in [0, 0.1) is 17.8 Å². The third-order valence-electron chi connectivity index (χ3n) is 7.36. The van der Waals surface area contributed by atoms with Crippen LogP contribution < -0.4 is 5.32 Å². The maximum Gasteiger partial charge on any atom is 0.0654 e. The Balaban J connectivity index is 1.37. The van der Waals surface area contributed by atoms with Gasteiger partial charge in [0.05, 0.1) is 11.7 Å². The zero-order chi connectivity index (χ0) is 20.7. The molecule has 5 atom stereocenters. The van der Waals surface area contributed by atoms with E-state index in [2.05, 4.69) is 35.4 Å². The predicted molar refractivity (Wildman–Crippen MR) is 121 cm³/mol. The Morgan fingerprint density at radius 2 is 2.07 bits per heavy atom. The van der Waals surface area contributed by atoms with Gasteiger partial charge in [-0.25, -0.2) is 0 Å². The number of nitrogens with zero attached hydrogens (tertiary/aromatic N) is 1. The van der Waals surface area contributed by atoms with E-state index in [-0.39, 0.29) is 12.0 Å². The minimum Gasteiger partial charge on any atom is -0.392 e. The van der Waals surface area contributed by atoms with E-state index in [1.165, 1.54) is 32.5 Å². The average Bonchev–Trinajstić information content (AvgIpc) is 3.38. The first kappa shape index (κ1) is 23.0. The van der Waals surface area contributed by atoms with Gasteiger partial charge >= 0.3 is 0 Å². The fourth-order valence-corrected chi connectivity index (χ4v) is 5.55. The van der Waals surface area contributed by atoms with E-state index in [1.807, 2.05) is 6.92 Å². The Bertz CT molecular complexity index is 551. The van der Waals surface area contributed by atoms with Crippen LogP contribution >= 0.6 is 0 Å². The topological polar surface area (TPSA) is 55.7 Å². The van der Waals surface area contributed by atoms with E-state index in [1.54, 1.807) is 5.57 Å². The second-order valence-electron chi connectivity index (χ2n) is 10.0. The summed E-state index contributed by atoms with van der Waals surface area (Å²) in [7, 11) is 0. The van der Waals surface area contributed by atoms with Crippen molar-refractivity contribution in [3.05, 3.63) is 23.8 Å². The van der Waals surface area contributed by atoms with Crippen LogP contribution in [0.3, 0.4) is 0 Å². The molecule has 166 valence electrons. The third kappa shape index (κ3) is 6.92. The van der Waals surface area contributed by atoms with Gasteiger partial charge in [-0.3, -0.25) is 0 Å². The molecule has 3 rings (SSSR count). The molecule has 1 saturated heterocycles. The van der Waals surface area contributed by atoms with Crippen LogP contribution in [0.5, 0.6) is 0 Å². The van der Waals surface area contributed by atoms with Gasteiger partial charge in [-0.2, -0.15) is 0 Å². The Morgan fingerprint density at radius 1 is 1.28 bits per heavy atom. The number of unbranched alkanes of at least 4 members (excludes halogenated alkanes) is 1. The molecule has 1 heterocycles. The molecule has 4 heteroatoms. The molecule has 0 aromatic heterocycles. The molecule has 29 heavy (non-hydrogen) atoms. The highest BCUT2D eigenvalue weighted by atomic mass is 16.3. The molecule has 1 aliphatic heterocycles. The molecule has 0 aromatic rings. The summed E-state index contributed by atoms with van der Waals surface area (Å²) in [6.45, 7) is 10.0. The van der Waals surface area contributed by atoms with Crippen LogP contribution in [0.25, 0.3) is 0 Å². The quantitative estimate of drug-likeness (QED) is 0.341. The van der Waals surface area contributed by atoms with Crippen molar-refractivity contribution in [3.8, 4) is 0 Å². The summed E-state index contributed by atoms with van der Waals surface area (Å²) < 4.78 is 0. The molecule has 0 spiro atoms. The van der Waals surface area contributed by atoms with Crippen molar-refractivity contribution in [2.75, 3.05) is 32.7 Å². The summed E-state index contributed by atoms with van der Waals surface area (Å²) in [4.78, 5) is 2.56. The lowest BCUT2D eigenvalue weighted by Gasteiger charge is -2.22. The molecule has 0 amide bonds. The van der Waals surface area contributed by atoms with Gasteiger partial charge in [-0.15, -0.1) is 0 Å². The monoisotopic (exact) mass is 404 g/mol. The Labute approximate surface area is 178 Å². The fraction of sp³-hybridized carbons (Fsp3) is 0.840. The number of fused-ring (bicyclic) bond motifs is 1. The highest BCUT2D eigenvalue weighted by Crippen LogP contribution is 2.47. The number of allylic oxidation sites excluding steroid dienone is 1. The van der Waals surface area contributed by atoms with Crippen molar-refractivity contribution in [2.45, 2.75) is 83.3 Å². The van der Waals surface area contributed by atoms with Crippen molar-refractivity contribution >= 4 is 0 Å². The highest BCUT2D eigenvalue weighted by molar-refractivity contribution is 5.21. The van der Waals surface area contributed by atoms with Crippen LogP contribution in [0.1, 0.15) is 71.6 Å². The Hall–Kier alpha value is -0.680. The zero-order valence-corrected chi connectivity index (χ0v) is 18.8. The molecule has 1 saturated carbocycles. The summed E-state index contributed by atoms with van der Waals surface area (Å²) in [5.41, 5.74) is 0.962. The molecular weight excluding hydrogens is 360 g/mol. The van der Waals surface area contributed by atoms with Crippen LogP contribution in [-0.4, -0.2) is 59.5 Å². The molecular formula is C25H44N2O2. The Morgan fingerprint density at radius 3 is 2.83 bits per heavy atom. The Kier molecular flexibility index (Phi) is 8.79. The van der Waals surface area contributed by atoms with Crippen LogP contribution in [0.4, 0.5) is 0 Å². The van der Waals surface area contributed by atoms with Crippen LogP contribution in [0.2, 0.25) is 0 Å². The van der Waals surface area contributed by atoms with Gasteiger partial charge in [-0.1, -0.05) is 43.6 Å². The van der Waals surface area contributed by atoms with E-state index < -0.39 is 5.60 Å². The summed E-state index contributed by atoms with van der Waals surface area (Å²) in [5.74, 6) is 1.35. The van der Waals surface area contributed by atoms with Gasteiger partial charge in [0.25, 0.3) is 0 Å². The van der Waals surface area contributed by atoms with Gasteiger partial charge in [-0.05, 0) is 83.3 Å². The molecule has 2 fully saturated rings. The number of nitrogens with one attached hydrogen (secondary N) is 1. The molecule has 3 aliphatic rings. The van der Waals surface area contributed by atoms with Gasteiger partial charge in [0, 0.05) is 19.0 Å². The molecule has 0 aromatic carbocycles. The van der Waals surface area contributed by atoms with Gasteiger partial charge in [0.1, 0.15) is 0 Å². The smallest absolute Gasteiger partial charge is 0.0654 e. The first-order valence-electron chi connectivity index (χ1n) is 12.2. The first-order valence-corrected chi connectivity index (χ1v) is 12.2. The van der Waals surface area contributed by atoms with Crippen molar-refractivity contribution in [2.24, 2.45) is 17.8 Å². The van der Waals surface area contributed by atoms with Gasteiger partial charge in [0.15, 0.2) is 0 Å².